The molecule has 146 valence electrons. The molecule has 2 fully saturated rings. The van der Waals surface area contributed by atoms with Gasteiger partial charge in [0.25, 0.3) is 0 Å². The van der Waals surface area contributed by atoms with Crippen molar-refractivity contribution >= 4 is 35.9 Å². The van der Waals surface area contributed by atoms with Crippen LogP contribution < -0.4 is 5.32 Å². The maximum absolute atomic E-state index is 11.6. The van der Waals surface area contributed by atoms with Crippen molar-refractivity contribution in [2.45, 2.75) is 38.8 Å². The van der Waals surface area contributed by atoms with Crippen LogP contribution in [0.4, 0.5) is 0 Å². The third-order valence-corrected chi connectivity index (χ3v) is 5.08. The van der Waals surface area contributed by atoms with E-state index in [1.165, 1.54) is 7.11 Å². The molecule has 7 nitrogen and oxygen atoms in total. The first-order valence-corrected chi connectivity index (χ1v) is 8.93. The van der Waals surface area contributed by atoms with Crippen molar-refractivity contribution in [2.24, 2.45) is 10.9 Å². The summed E-state index contributed by atoms with van der Waals surface area (Å²) >= 11 is 0. The molecule has 2 heterocycles. The van der Waals surface area contributed by atoms with E-state index in [0.717, 1.165) is 58.2 Å². The van der Waals surface area contributed by atoms with Gasteiger partial charge in [0.2, 0.25) is 0 Å². The average Bonchev–Trinajstić information content (AvgIpc) is 2.62. The van der Waals surface area contributed by atoms with Gasteiger partial charge in [0, 0.05) is 45.3 Å². The summed E-state index contributed by atoms with van der Waals surface area (Å²) in [6, 6.07) is 0.877. The molecule has 8 heteroatoms. The Morgan fingerprint density at radius 3 is 2.60 bits per heavy atom. The quantitative estimate of drug-likeness (QED) is 0.289. The standard InChI is InChI=1S/C17H32N4O3.HI/c1-13(21-9-10-24-12-14(21)2)11-19-17(18-3)20-7-5-15(6-8-20)16(22)23-4;/h13-15H,5-12H2,1-4H3,(H,18,19);1H. The van der Waals surface area contributed by atoms with E-state index in [9.17, 15) is 4.79 Å². The number of carbonyl (C=O) groups is 1. The van der Waals surface area contributed by atoms with Gasteiger partial charge in [-0.25, -0.2) is 0 Å². The Morgan fingerprint density at radius 1 is 1.36 bits per heavy atom. The first-order chi connectivity index (χ1) is 11.6. The van der Waals surface area contributed by atoms with Crippen LogP contribution in [0.1, 0.15) is 26.7 Å². The van der Waals surface area contributed by atoms with Crippen molar-refractivity contribution in [2.75, 3.05) is 53.6 Å². The summed E-state index contributed by atoms with van der Waals surface area (Å²) in [4.78, 5) is 20.8. The molecular weight excluding hydrogens is 435 g/mol. The van der Waals surface area contributed by atoms with Crippen LogP contribution in [-0.2, 0) is 14.3 Å². The van der Waals surface area contributed by atoms with E-state index in [1.807, 2.05) is 7.05 Å². The van der Waals surface area contributed by atoms with E-state index in [-0.39, 0.29) is 35.9 Å². The van der Waals surface area contributed by atoms with Crippen LogP contribution in [0.3, 0.4) is 0 Å². The molecule has 0 aromatic heterocycles. The number of nitrogens with zero attached hydrogens (tertiary/aromatic N) is 3. The highest BCUT2D eigenvalue weighted by Crippen LogP contribution is 2.18. The van der Waals surface area contributed by atoms with Crippen molar-refractivity contribution < 1.29 is 14.3 Å². The third kappa shape index (κ3) is 6.25. The predicted octanol–water partition coefficient (Wildman–Crippen LogP) is 1.17. The highest BCUT2D eigenvalue weighted by Gasteiger charge is 2.28. The second-order valence-electron chi connectivity index (χ2n) is 6.72. The van der Waals surface area contributed by atoms with Crippen LogP contribution >= 0.6 is 24.0 Å². The highest BCUT2D eigenvalue weighted by atomic mass is 127. The minimum atomic E-state index is -0.0903. The van der Waals surface area contributed by atoms with Crippen LogP contribution in [0.15, 0.2) is 4.99 Å². The normalized spacial score (nSPS) is 24.4. The summed E-state index contributed by atoms with van der Waals surface area (Å²) in [5.41, 5.74) is 0. The fraction of sp³-hybridized carbons (Fsp3) is 0.882. The SMILES string of the molecule is CN=C(NCC(C)N1CCOCC1C)N1CCC(C(=O)OC)CC1.I. The van der Waals surface area contributed by atoms with Crippen LogP contribution in [0, 0.1) is 5.92 Å². The highest BCUT2D eigenvalue weighted by molar-refractivity contribution is 14.0. The lowest BCUT2D eigenvalue weighted by atomic mass is 9.97. The number of esters is 1. The van der Waals surface area contributed by atoms with E-state index in [2.05, 4.69) is 34.0 Å². The molecule has 0 saturated carbocycles. The van der Waals surface area contributed by atoms with Crippen LogP contribution in [-0.4, -0.2) is 87.4 Å². The van der Waals surface area contributed by atoms with Gasteiger partial charge in [-0.15, -0.1) is 24.0 Å². The van der Waals surface area contributed by atoms with E-state index < -0.39 is 0 Å². The molecule has 2 atom stereocenters. The van der Waals surface area contributed by atoms with E-state index >= 15 is 0 Å². The monoisotopic (exact) mass is 468 g/mol. The predicted molar refractivity (Wildman–Crippen MR) is 110 cm³/mol. The van der Waals surface area contributed by atoms with Gasteiger partial charge in [0.1, 0.15) is 0 Å². The molecule has 0 spiro atoms. The molecule has 1 N–H and O–H groups in total. The molecule has 0 aliphatic carbocycles. The first kappa shape index (κ1) is 22.4. The number of hydrogen-bond donors (Lipinski definition) is 1. The number of nitrogens with one attached hydrogen (secondary N) is 1. The maximum Gasteiger partial charge on any atom is 0.308 e. The lowest BCUT2D eigenvalue weighted by Crippen LogP contribution is -2.54. The average molecular weight is 468 g/mol. The van der Waals surface area contributed by atoms with Gasteiger partial charge in [-0.3, -0.25) is 14.7 Å². The smallest absolute Gasteiger partial charge is 0.308 e. The van der Waals surface area contributed by atoms with Crippen molar-refractivity contribution in [3.63, 3.8) is 0 Å². The number of methoxy groups -OCH3 is 1. The van der Waals surface area contributed by atoms with E-state index in [4.69, 9.17) is 9.47 Å². The van der Waals surface area contributed by atoms with Gasteiger partial charge in [0.05, 0.1) is 26.2 Å². The fourth-order valence-corrected chi connectivity index (χ4v) is 3.58. The van der Waals surface area contributed by atoms with Crippen molar-refractivity contribution in [1.29, 1.82) is 0 Å². The molecule has 0 radical (unpaired) electrons. The Balaban J connectivity index is 0.00000312. The summed E-state index contributed by atoms with van der Waals surface area (Å²) in [5.74, 6) is 0.857. The van der Waals surface area contributed by atoms with Gasteiger partial charge >= 0.3 is 5.97 Å². The van der Waals surface area contributed by atoms with E-state index in [1.54, 1.807) is 0 Å². The summed E-state index contributed by atoms with van der Waals surface area (Å²) < 4.78 is 10.4. The van der Waals surface area contributed by atoms with Crippen molar-refractivity contribution in [3.05, 3.63) is 0 Å². The van der Waals surface area contributed by atoms with Crippen LogP contribution in [0.2, 0.25) is 0 Å². The van der Waals surface area contributed by atoms with Gasteiger partial charge in [-0.05, 0) is 26.7 Å². The Hall–Kier alpha value is -0.610. The molecule has 0 amide bonds. The number of halogens is 1. The first-order valence-electron chi connectivity index (χ1n) is 8.93. The molecule has 2 saturated heterocycles. The molecule has 0 bridgehead atoms. The maximum atomic E-state index is 11.6. The topological polar surface area (TPSA) is 66.4 Å². The molecule has 2 unspecified atom stereocenters. The van der Waals surface area contributed by atoms with Crippen LogP contribution in [0.25, 0.3) is 0 Å². The molecular formula is C17H33IN4O3. The molecule has 0 aromatic carbocycles. The zero-order valence-corrected chi connectivity index (χ0v) is 18.2. The largest absolute Gasteiger partial charge is 0.469 e. The number of morpholine rings is 1. The summed E-state index contributed by atoms with van der Waals surface area (Å²) in [6.07, 6.45) is 1.65. The summed E-state index contributed by atoms with van der Waals surface area (Å²) in [5, 5.41) is 3.49. The van der Waals surface area contributed by atoms with Gasteiger partial charge < -0.3 is 19.7 Å². The lowest BCUT2D eigenvalue weighted by molar-refractivity contribution is -0.146. The van der Waals surface area contributed by atoms with Gasteiger partial charge in [-0.2, -0.15) is 0 Å². The summed E-state index contributed by atoms with van der Waals surface area (Å²) in [7, 11) is 3.28. The van der Waals surface area contributed by atoms with Crippen LogP contribution in [0.5, 0.6) is 0 Å². The number of ether oxygens (including phenoxy) is 2. The zero-order valence-electron chi connectivity index (χ0n) is 15.9. The number of piperidine rings is 1. The lowest BCUT2D eigenvalue weighted by Gasteiger charge is -2.39. The number of hydrogen-bond acceptors (Lipinski definition) is 5. The Morgan fingerprint density at radius 2 is 2.04 bits per heavy atom. The van der Waals surface area contributed by atoms with Gasteiger partial charge in [0.15, 0.2) is 5.96 Å². The summed E-state index contributed by atoms with van der Waals surface area (Å²) in [6.45, 7) is 9.57. The van der Waals surface area contributed by atoms with Gasteiger partial charge in [-0.1, -0.05) is 0 Å². The Labute approximate surface area is 168 Å². The number of guanidine groups is 1. The minimum Gasteiger partial charge on any atom is -0.469 e. The second kappa shape index (κ2) is 11.2. The minimum absolute atomic E-state index is 0. The molecule has 25 heavy (non-hydrogen) atoms. The second-order valence-corrected chi connectivity index (χ2v) is 6.72. The molecule has 0 aromatic rings. The Kier molecular flexibility index (Phi) is 10.0. The van der Waals surface area contributed by atoms with Crippen molar-refractivity contribution in [1.82, 2.24) is 15.1 Å². The zero-order chi connectivity index (χ0) is 17.5. The Bertz CT molecular complexity index is 442. The van der Waals surface area contributed by atoms with E-state index in [0.29, 0.717) is 12.1 Å². The number of likely N-dealkylation sites (tertiary alicyclic amines) is 1. The number of rotatable bonds is 4. The molecule has 2 aliphatic heterocycles. The molecule has 2 rings (SSSR count). The number of carbonyl (C=O) groups excluding carboxylic acids is 1. The fourth-order valence-electron chi connectivity index (χ4n) is 3.58. The van der Waals surface area contributed by atoms with Crippen molar-refractivity contribution in [3.8, 4) is 0 Å². The number of aliphatic imine (C=N–C) groups is 1. The molecule has 2 aliphatic rings. The third-order valence-electron chi connectivity index (χ3n) is 5.08.